The molecule has 0 saturated heterocycles. The molecule has 0 radical (unpaired) electrons. The van der Waals surface area contributed by atoms with E-state index in [1.807, 2.05) is 18.2 Å². The SMILES string of the molecule is O=C(O)c1cccc2oc(C3CC3c3ccccc3)nc12. The number of aromatic nitrogens is 1. The van der Waals surface area contributed by atoms with Crippen molar-refractivity contribution < 1.29 is 14.3 Å². The zero-order valence-corrected chi connectivity index (χ0v) is 11.2. The molecule has 104 valence electrons. The highest BCUT2D eigenvalue weighted by atomic mass is 16.4. The lowest BCUT2D eigenvalue weighted by Crippen LogP contribution is -1.96. The first-order valence-electron chi connectivity index (χ1n) is 6.92. The van der Waals surface area contributed by atoms with E-state index in [2.05, 4.69) is 17.1 Å². The van der Waals surface area contributed by atoms with Crippen LogP contribution in [0.2, 0.25) is 0 Å². The molecule has 1 N–H and O–H groups in total. The van der Waals surface area contributed by atoms with Crippen LogP contribution in [0.1, 0.15) is 40.1 Å². The first-order chi connectivity index (χ1) is 10.2. The van der Waals surface area contributed by atoms with Crippen molar-refractivity contribution in [1.82, 2.24) is 4.98 Å². The molecule has 4 nitrogen and oxygen atoms in total. The molecule has 1 saturated carbocycles. The maximum atomic E-state index is 11.2. The van der Waals surface area contributed by atoms with Crippen LogP contribution in [0, 0.1) is 0 Å². The molecule has 0 bridgehead atoms. The van der Waals surface area contributed by atoms with E-state index in [1.54, 1.807) is 18.2 Å². The Labute approximate surface area is 121 Å². The van der Waals surface area contributed by atoms with E-state index >= 15 is 0 Å². The lowest BCUT2D eigenvalue weighted by Gasteiger charge is -1.96. The van der Waals surface area contributed by atoms with Gasteiger partial charge in [0.05, 0.1) is 5.56 Å². The van der Waals surface area contributed by atoms with Crippen molar-refractivity contribution in [1.29, 1.82) is 0 Å². The number of hydrogen-bond donors (Lipinski definition) is 1. The molecule has 4 rings (SSSR count). The van der Waals surface area contributed by atoms with Gasteiger partial charge in [-0.3, -0.25) is 0 Å². The average Bonchev–Trinajstić information content (AvgIpc) is 3.19. The minimum Gasteiger partial charge on any atom is -0.478 e. The third-order valence-electron chi connectivity index (χ3n) is 4.00. The first-order valence-corrected chi connectivity index (χ1v) is 6.92. The second-order valence-corrected chi connectivity index (χ2v) is 5.37. The summed E-state index contributed by atoms with van der Waals surface area (Å²) >= 11 is 0. The third-order valence-corrected chi connectivity index (χ3v) is 4.00. The molecule has 4 heteroatoms. The fourth-order valence-electron chi connectivity index (χ4n) is 2.83. The molecule has 1 aliphatic carbocycles. The topological polar surface area (TPSA) is 63.3 Å². The Morgan fingerprint density at radius 2 is 1.90 bits per heavy atom. The Kier molecular flexibility index (Phi) is 2.57. The van der Waals surface area contributed by atoms with Crippen LogP contribution in [0.15, 0.2) is 52.9 Å². The van der Waals surface area contributed by atoms with Crippen LogP contribution in [0.3, 0.4) is 0 Å². The number of nitrogens with zero attached hydrogens (tertiary/aromatic N) is 1. The summed E-state index contributed by atoms with van der Waals surface area (Å²) in [5, 5.41) is 9.19. The predicted molar refractivity (Wildman–Crippen MR) is 77.5 cm³/mol. The van der Waals surface area contributed by atoms with Gasteiger partial charge in [-0.05, 0) is 30.0 Å². The minimum atomic E-state index is -0.976. The number of oxazole rings is 1. The molecule has 2 aromatic carbocycles. The number of carboxylic acids is 1. The summed E-state index contributed by atoms with van der Waals surface area (Å²) < 4.78 is 5.76. The third kappa shape index (κ3) is 2.00. The van der Waals surface area contributed by atoms with E-state index in [0.717, 1.165) is 6.42 Å². The van der Waals surface area contributed by atoms with Crippen molar-refractivity contribution in [2.45, 2.75) is 18.3 Å². The van der Waals surface area contributed by atoms with Crippen LogP contribution in [0.5, 0.6) is 0 Å². The number of hydrogen-bond acceptors (Lipinski definition) is 3. The van der Waals surface area contributed by atoms with Gasteiger partial charge >= 0.3 is 5.97 Å². The number of benzene rings is 2. The van der Waals surface area contributed by atoms with E-state index in [-0.39, 0.29) is 11.5 Å². The quantitative estimate of drug-likeness (QED) is 0.792. The van der Waals surface area contributed by atoms with E-state index in [4.69, 9.17) is 4.42 Å². The van der Waals surface area contributed by atoms with Gasteiger partial charge in [0, 0.05) is 5.92 Å². The van der Waals surface area contributed by atoms with Gasteiger partial charge in [-0.15, -0.1) is 0 Å². The highest BCUT2D eigenvalue weighted by Crippen LogP contribution is 2.54. The molecule has 0 aliphatic heterocycles. The lowest BCUT2D eigenvalue weighted by atomic mass is 10.1. The summed E-state index contributed by atoms with van der Waals surface area (Å²) in [6.45, 7) is 0. The van der Waals surface area contributed by atoms with E-state index < -0.39 is 5.97 Å². The highest BCUT2D eigenvalue weighted by Gasteiger charge is 2.43. The molecule has 1 fully saturated rings. The number of fused-ring (bicyclic) bond motifs is 1. The number of para-hydroxylation sites is 1. The van der Waals surface area contributed by atoms with Gasteiger partial charge in [-0.2, -0.15) is 0 Å². The van der Waals surface area contributed by atoms with Gasteiger partial charge < -0.3 is 9.52 Å². The van der Waals surface area contributed by atoms with E-state index in [0.29, 0.717) is 22.9 Å². The largest absolute Gasteiger partial charge is 0.478 e. The average molecular weight is 279 g/mol. The molecule has 1 aromatic heterocycles. The summed E-state index contributed by atoms with van der Waals surface area (Å²) in [5.41, 5.74) is 2.46. The number of carbonyl (C=O) groups is 1. The van der Waals surface area contributed by atoms with Crippen molar-refractivity contribution >= 4 is 17.1 Å². The molecule has 2 atom stereocenters. The van der Waals surface area contributed by atoms with Crippen LogP contribution in [-0.2, 0) is 0 Å². The smallest absolute Gasteiger partial charge is 0.338 e. The van der Waals surface area contributed by atoms with Crippen molar-refractivity contribution in [2.75, 3.05) is 0 Å². The highest BCUT2D eigenvalue weighted by molar-refractivity contribution is 6.00. The summed E-state index contributed by atoms with van der Waals surface area (Å²) in [4.78, 5) is 15.6. The van der Waals surface area contributed by atoms with Crippen molar-refractivity contribution in [3.63, 3.8) is 0 Å². The summed E-state index contributed by atoms with van der Waals surface area (Å²) in [6.07, 6.45) is 0.999. The first kappa shape index (κ1) is 12.1. The van der Waals surface area contributed by atoms with Gasteiger partial charge in [-0.1, -0.05) is 36.4 Å². The monoisotopic (exact) mass is 279 g/mol. The van der Waals surface area contributed by atoms with E-state index in [9.17, 15) is 9.90 Å². The second-order valence-electron chi connectivity index (χ2n) is 5.37. The fourth-order valence-corrected chi connectivity index (χ4v) is 2.83. The van der Waals surface area contributed by atoms with Crippen LogP contribution in [0.4, 0.5) is 0 Å². The Balaban J connectivity index is 1.70. The number of rotatable bonds is 3. The number of carboxylic acid groups (broad SMARTS) is 1. The van der Waals surface area contributed by atoms with Crippen LogP contribution in [-0.4, -0.2) is 16.1 Å². The lowest BCUT2D eigenvalue weighted by molar-refractivity contribution is 0.0699. The van der Waals surface area contributed by atoms with Crippen LogP contribution >= 0.6 is 0 Å². The Hall–Kier alpha value is -2.62. The molecule has 2 unspecified atom stereocenters. The molecule has 0 spiro atoms. The van der Waals surface area contributed by atoms with Crippen LogP contribution in [0.25, 0.3) is 11.1 Å². The normalized spacial score (nSPS) is 20.6. The Morgan fingerprint density at radius 1 is 1.10 bits per heavy atom. The molecule has 3 aromatic rings. The van der Waals surface area contributed by atoms with E-state index in [1.165, 1.54) is 5.56 Å². The maximum Gasteiger partial charge on any atom is 0.338 e. The van der Waals surface area contributed by atoms with Crippen molar-refractivity contribution in [3.8, 4) is 0 Å². The molecule has 1 aliphatic rings. The standard InChI is InChI=1S/C17H13NO3/c19-17(20)11-7-4-8-14-15(11)18-16(21-14)13-9-12(13)10-5-2-1-3-6-10/h1-8,12-13H,9H2,(H,19,20). The van der Waals surface area contributed by atoms with Gasteiger partial charge in [0.25, 0.3) is 0 Å². The fraction of sp³-hybridized carbons (Fsp3) is 0.176. The van der Waals surface area contributed by atoms with Gasteiger partial charge in [-0.25, -0.2) is 9.78 Å². The predicted octanol–water partition coefficient (Wildman–Crippen LogP) is 3.80. The Bertz CT molecular complexity index is 822. The van der Waals surface area contributed by atoms with Gasteiger partial charge in [0.1, 0.15) is 5.52 Å². The van der Waals surface area contributed by atoms with Crippen LogP contribution < -0.4 is 0 Å². The minimum absolute atomic E-state index is 0.194. The molecule has 1 heterocycles. The zero-order valence-electron chi connectivity index (χ0n) is 11.2. The van der Waals surface area contributed by atoms with Crippen molar-refractivity contribution in [2.24, 2.45) is 0 Å². The maximum absolute atomic E-state index is 11.2. The molecule has 21 heavy (non-hydrogen) atoms. The zero-order chi connectivity index (χ0) is 14.4. The van der Waals surface area contributed by atoms with Gasteiger partial charge in [0.15, 0.2) is 11.5 Å². The second kappa shape index (κ2) is 4.45. The summed E-state index contributed by atoms with van der Waals surface area (Å²) in [7, 11) is 0. The molecular formula is C17H13NO3. The molecule has 0 amide bonds. The van der Waals surface area contributed by atoms with Crippen molar-refractivity contribution in [3.05, 3.63) is 65.5 Å². The molecular weight excluding hydrogens is 266 g/mol. The van der Waals surface area contributed by atoms with Gasteiger partial charge in [0.2, 0.25) is 0 Å². The number of aromatic carboxylic acids is 1. The summed E-state index contributed by atoms with van der Waals surface area (Å²) in [5.74, 6) is 0.345. The Morgan fingerprint density at radius 3 is 2.67 bits per heavy atom. The summed E-state index contributed by atoms with van der Waals surface area (Å²) in [6, 6.07) is 15.3.